The molecule has 0 unspecified atom stereocenters. The normalized spacial score (nSPS) is 11.2. The number of hydrogen-bond acceptors (Lipinski definition) is 4. The van der Waals surface area contributed by atoms with Gasteiger partial charge in [-0.15, -0.1) is 0 Å². The average Bonchev–Trinajstić information content (AvgIpc) is 2.71. The van der Waals surface area contributed by atoms with Gasteiger partial charge in [0.25, 0.3) is 0 Å². The molecule has 0 amide bonds. The zero-order valence-electron chi connectivity index (χ0n) is 16.0. The van der Waals surface area contributed by atoms with Gasteiger partial charge < -0.3 is 4.74 Å². The average molecular weight is 397 g/mol. The van der Waals surface area contributed by atoms with Gasteiger partial charge in [-0.2, -0.15) is 0 Å². The van der Waals surface area contributed by atoms with Gasteiger partial charge in [-0.3, -0.25) is 14.1 Å². The van der Waals surface area contributed by atoms with Crippen LogP contribution in [0.15, 0.2) is 78.9 Å². The van der Waals surface area contributed by atoms with Crippen molar-refractivity contribution >= 4 is 13.4 Å². The summed E-state index contributed by atoms with van der Waals surface area (Å²) >= 11 is 0. The molecule has 0 heterocycles. The highest BCUT2D eigenvalue weighted by Crippen LogP contribution is 2.50. The smallest absolute Gasteiger partial charge is 0.432 e. The second kappa shape index (κ2) is 9.56. The Bertz CT molecular complexity index is 922. The molecule has 3 rings (SSSR count). The van der Waals surface area contributed by atoms with E-state index in [1.165, 1.54) is 0 Å². The van der Waals surface area contributed by atoms with Crippen LogP contribution < -0.4 is 9.82 Å². The van der Waals surface area contributed by atoms with Crippen LogP contribution >= 0.6 is 7.75 Å². The molecule has 6 heteroatoms. The summed E-state index contributed by atoms with van der Waals surface area (Å²) in [5, 5.41) is 2.97. The maximum Gasteiger partial charge on any atom is 0.432 e. The highest BCUT2D eigenvalue weighted by molar-refractivity contribution is 7.55. The molecule has 0 radical (unpaired) electrons. The summed E-state index contributed by atoms with van der Waals surface area (Å²) in [6.07, 6.45) is 0. The van der Waals surface area contributed by atoms with Crippen molar-refractivity contribution in [2.45, 2.75) is 13.8 Å². The van der Waals surface area contributed by atoms with E-state index in [9.17, 15) is 4.57 Å². The molecule has 0 fully saturated rings. The minimum atomic E-state index is -3.46. The van der Waals surface area contributed by atoms with Gasteiger partial charge in [0.1, 0.15) is 11.5 Å². The lowest BCUT2D eigenvalue weighted by molar-refractivity contribution is 0.225. The predicted octanol–water partition coefficient (Wildman–Crippen LogP) is 6.74. The Morgan fingerprint density at radius 2 is 1.39 bits per heavy atom. The quantitative estimate of drug-likeness (QED) is 0.405. The maximum absolute atomic E-state index is 13.0. The Morgan fingerprint density at radius 3 is 2.00 bits per heavy atom. The first-order valence-electron chi connectivity index (χ1n) is 9.23. The number of hydrogen-bond donors (Lipinski definition) is 1. The van der Waals surface area contributed by atoms with Crippen molar-refractivity contribution < 1.29 is 18.3 Å². The topological polar surface area (TPSA) is 56.8 Å². The Labute approximate surface area is 165 Å². The largest absolute Gasteiger partial charge is 0.457 e. The van der Waals surface area contributed by atoms with Crippen LogP contribution in [0.25, 0.3) is 11.1 Å². The molecule has 0 spiro atoms. The van der Waals surface area contributed by atoms with Crippen LogP contribution in [0, 0.1) is 0 Å². The predicted molar refractivity (Wildman–Crippen MR) is 113 cm³/mol. The third kappa shape index (κ3) is 5.23. The van der Waals surface area contributed by atoms with Gasteiger partial charge in [-0.1, -0.05) is 48.5 Å². The van der Waals surface area contributed by atoms with E-state index in [1.807, 2.05) is 78.9 Å². The van der Waals surface area contributed by atoms with Crippen molar-refractivity contribution in [1.82, 2.24) is 0 Å². The van der Waals surface area contributed by atoms with Gasteiger partial charge in [0.15, 0.2) is 0 Å². The molecule has 0 aliphatic heterocycles. The van der Waals surface area contributed by atoms with E-state index in [4.69, 9.17) is 13.8 Å². The van der Waals surface area contributed by atoms with Gasteiger partial charge in [0.05, 0.1) is 18.9 Å². The second-order valence-corrected chi connectivity index (χ2v) is 7.67. The maximum atomic E-state index is 13.0. The fraction of sp³-hybridized carbons (Fsp3) is 0.182. The summed E-state index contributed by atoms with van der Waals surface area (Å²) in [4.78, 5) is 0. The van der Waals surface area contributed by atoms with Gasteiger partial charge in [-0.25, -0.2) is 4.57 Å². The van der Waals surface area contributed by atoms with E-state index in [0.717, 1.165) is 16.9 Å². The molecule has 3 aromatic carbocycles. The Kier molecular flexibility index (Phi) is 6.88. The summed E-state index contributed by atoms with van der Waals surface area (Å²) in [5.41, 5.74) is 2.45. The molecule has 28 heavy (non-hydrogen) atoms. The van der Waals surface area contributed by atoms with Crippen LogP contribution in [0.5, 0.6) is 11.5 Å². The van der Waals surface area contributed by atoms with Crippen molar-refractivity contribution in [3.8, 4) is 22.6 Å². The highest BCUT2D eigenvalue weighted by Gasteiger charge is 2.25. The van der Waals surface area contributed by atoms with E-state index in [2.05, 4.69) is 5.09 Å². The fourth-order valence-corrected chi connectivity index (χ4v) is 4.13. The zero-order chi connectivity index (χ0) is 19.8. The second-order valence-electron chi connectivity index (χ2n) is 5.93. The van der Waals surface area contributed by atoms with E-state index < -0.39 is 7.75 Å². The highest BCUT2D eigenvalue weighted by atomic mass is 31.2. The molecule has 0 bridgehead atoms. The number of benzene rings is 3. The first kappa shape index (κ1) is 20.2. The molecule has 1 N–H and O–H groups in total. The molecule has 3 aromatic rings. The number of nitrogens with one attached hydrogen (secondary N) is 1. The summed E-state index contributed by atoms with van der Waals surface area (Å²) < 4.78 is 29.7. The van der Waals surface area contributed by atoms with Crippen LogP contribution in [-0.2, 0) is 13.6 Å². The van der Waals surface area contributed by atoms with E-state index in [-0.39, 0.29) is 13.2 Å². The monoisotopic (exact) mass is 397 g/mol. The molecule has 0 aromatic heterocycles. The number of para-hydroxylation sites is 1. The third-order valence-corrected chi connectivity index (χ3v) is 5.62. The summed E-state index contributed by atoms with van der Waals surface area (Å²) in [6.45, 7) is 4.12. The Morgan fingerprint density at radius 1 is 0.786 bits per heavy atom. The number of anilines is 1. The van der Waals surface area contributed by atoms with Crippen molar-refractivity contribution in [1.29, 1.82) is 0 Å². The summed E-state index contributed by atoms with van der Waals surface area (Å²) in [6, 6.07) is 25.0. The molecule has 5 nitrogen and oxygen atoms in total. The summed E-state index contributed by atoms with van der Waals surface area (Å²) in [7, 11) is -3.46. The van der Waals surface area contributed by atoms with Gasteiger partial charge in [0.2, 0.25) is 0 Å². The molecule has 0 aliphatic carbocycles. The lowest BCUT2D eigenvalue weighted by Gasteiger charge is -2.21. The molecule has 0 saturated carbocycles. The van der Waals surface area contributed by atoms with Crippen LogP contribution in [0.2, 0.25) is 0 Å². The van der Waals surface area contributed by atoms with E-state index >= 15 is 0 Å². The molecule has 0 saturated heterocycles. The minimum absolute atomic E-state index is 0.278. The molecule has 0 aliphatic rings. The van der Waals surface area contributed by atoms with Gasteiger partial charge >= 0.3 is 7.75 Å². The zero-order valence-corrected chi connectivity index (χ0v) is 16.9. The van der Waals surface area contributed by atoms with E-state index in [0.29, 0.717) is 11.4 Å². The first-order valence-corrected chi connectivity index (χ1v) is 10.8. The minimum Gasteiger partial charge on any atom is -0.457 e. The van der Waals surface area contributed by atoms with Crippen LogP contribution in [0.4, 0.5) is 5.69 Å². The summed E-state index contributed by atoms with van der Waals surface area (Å²) in [5.74, 6) is 1.43. The Hall–Kier alpha value is -2.59. The molecular weight excluding hydrogens is 373 g/mol. The van der Waals surface area contributed by atoms with Crippen molar-refractivity contribution in [3.05, 3.63) is 78.9 Å². The van der Waals surface area contributed by atoms with Gasteiger partial charge in [-0.05, 0) is 49.7 Å². The van der Waals surface area contributed by atoms with Gasteiger partial charge in [0, 0.05) is 5.56 Å². The SMILES string of the molecule is CCOP(=O)(Nc1ccc(Oc2ccccc2)cc1-c1ccccc1)OCC. The first-order chi connectivity index (χ1) is 13.6. The van der Waals surface area contributed by atoms with Crippen molar-refractivity contribution in [2.75, 3.05) is 18.3 Å². The lowest BCUT2D eigenvalue weighted by atomic mass is 10.0. The third-order valence-electron chi connectivity index (χ3n) is 3.91. The number of ether oxygens (including phenoxy) is 1. The van der Waals surface area contributed by atoms with Crippen LogP contribution in [0.3, 0.4) is 0 Å². The standard InChI is InChI=1S/C22H24NO4P/c1-3-25-28(24,26-4-2)23-22-16-15-20(27-19-13-9-6-10-14-19)17-21(22)18-11-7-5-8-12-18/h5-17H,3-4H2,1-2H3,(H,23,24). The van der Waals surface area contributed by atoms with Crippen LogP contribution in [0.1, 0.15) is 13.8 Å². The molecule has 0 atom stereocenters. The number of rotatable bonds is 9. The fourth-order valence-electron chi connectivity index (χ4n) is 2.75. The molecular formula is C22H24NO4P. The van der Waals surface area contributed by atoms with Crippen molar-refractivity contribution in [2.24, 2.45) is 0 Å². The Balaban J connectivity index is 1.98. The van der Waals surface area contributed by atoms with E-state index in [1.54, 1.807) is 13.8 Å². The molecule has 146 valence electrons. The van der Waals surface area contributed by atoms with Crippen molar-refractivity contribution in [3.63, 3.8) is 0 Å². The van der Waals surface area contributed by atoms with Crippen LogP contribution in [-0.4, -0.2) is 13.2 Å². The lowest BCUT2D eigenvalue weighted by Crippen LogP contribution is -2.06.